The number of H-pyrrole nitrogens is 1. The molecule has 1 aliphatic carbocycles. The fourth-order valence-electron chi connectivity index (χ4n) is 6.69. The Kier molecular flexibility index (Phi) is 7.30. The minimum atomic E-state index is -0.631. The van der Waals surface area contributed by atoms with Gasteiger partial charge in [0.05, 0.1) is 24.9 Å². The molecule has 0 unspecified atom stereocenters. The third-order valence-electron chi connectivity index (χ3n) is 8.99. The summed E-state index contributed by atoms with van der Waals surface area (Å²) in [6, 6.07) is 10.6. The maximum atomic E-state index is 11.8. The van der Waals surface area contributed by atoms with Gasteiger partial charge in [0.1, 0.15) is 5.52 Å². The molecule has 3 aliphatic rings. The first-order valence-electron chi connectivity index (χ1n) is 14.9. The Morgan fingerprint density at radius 1 is 0.951 bits per heavy atom. The predicted molar refractivity (Wildman–Crippen MR) is 153 cm³/mol. The molecule has 1 atom stereocenters. The second kappa shape index (κ2) is 11.4. The molecule has 1 N–H and O–H groups in total. The Morgan fingerprint density at radius 2 is 1.76 bits per heavy atom. The normalized spacial score (nSPS) is 24.2. The molecule has 0 radical (unpaired) electrons. The molecule has 1 saturated carbocycles. The zero-order chi connectivity index (χ0) is 27.8. The Morgan fingerprint density at radius 3 is 2.51 bits per heavy atom. The van der Waals surface area contributed by atoms with Gasteiger partial charge in [0.15, 0.2) is 5.65 Å². The zero-order valence-electron chi connectivity index (χ0n) is 23.5. The predicted octanol–water partition coefficient (Wildman–Crippen LogP) is 4.47. The third kappa shape index (κ3) is 5.28. The lowest BCUT2D eigenvalue weighted by Gasteiger charge is -2.37. The molecule has 5 heterocycles. The van der Waals surface area contributed by atoms with E-state index in [1.807, 2.05) is 6.07 Å². The van der Waals surface area contributed by atoms with Gasteiger partial charge in [0.2, 0.25) is 11.8 Å². The lowest BCUT2D eigenvalue weighted by molar-refractivity contribution is 0.0847. The number of aromatic nitrogens is 6. The number of ether oxygens (including phenoxy) is 2. The van der Waals surface area contributed by atoms with Crippen LogP contribution in [0.3, 0.4) is 0 Å². The van der Waals surface area contributed by atoms with Crippen LogP contribution in [0.5, 0.6) is 0 Å². The smallest absolute Gasteiger partial charge is 0.384 e. The summed E-state index contributed by atoms with van der Waals surface area (Å²) in [4.78, 5) is 29.3. The molecule has 11 heteroatoms. The summed E-state index contributed by atoms with van der Waals surface area (Å²) < 4.78 is 19.4. The fraction of sp³-hybridized carbons (Fsp3) is 0.567. The molecule has 3 aromatic heterocycles. The highest BCUT2D eigenvalue weighted by Gasteiger charge is 2.33. The molecular formula is C30H37N7O4. The maximum absolute atomic E-state index is 11.8. The van der Waals surface area contributed by atoms with Crippen LogP contribution in [0.4, 0.5) is 5.95 Å². The van der Waals surface area contributed by atoms with Crippen LogP contribution < -0.4 is 10.7 Å². The minimum Gasteiger partial charge on any atom is -0.384 e. The molecule has 41 heavy (non-hydrogen) atoms. The van der Waals surface area contributed by atoms with Gasteiger partial charge in [-0.2, -0.15) is 4.98 Å². The van der Waals surface area contributed by atoms with E-state index in [4.69, 9.17) is 28.8 Å². The van der Waals surface area contributed by atoms with Gasteiger partial charge >= 0.3 is 5.76 Å². The summed E-state index contributed by atoms with van der Waals surface area (Å²) in [5.41, 5.74) is 3.73. The number of rotatable bonds is 6. The van der Waals surface area contributed by atoms with Crippen LogP contribution in [0.15, 0.2) is 39.5 Å². The van der Waals surface area contributed by atoms with E-state index in [0.717, 1.165) is 49.0 Å². The van der Waals surface area contributed by atoms with Gasteiger partial charge in [-0.25, -0.2) is 19.9 Å². The van der Waals surface area contributed by atoms with Crippen LogP contribution in [-0.2, 0) is 16.0 Å². The number of fused-ring (bicyclic) bond motifs is 1. The molecule has 0 amide bonds. The summed E-state index contributed by atoms with van der Waals surface area (Å²) in [7, 11) is 0. The topological polar surface area (TPSA) is 124 Å². The monoisotopic (exact) mass is 559 g/mol. The standard InChI is InChI=1S/C30H37N7O4/c1-19-7-9-20(10-8-19)17-37-25-24(22-11-14-39-15-12-22)31-27(28-34-35-30(38)41-28)32-26(25)33-29(37)36-13-16-40-18-23(36)21-5-3-2-4-6-21/h2-6,19-20,22-23H,7-18H2,1H3,(H,35,38)/t19?,20?,23-/m0/s1. The van der Waals surface area contributed by atoms with Gasteiger partial charge in [-0.1, -0.05) is 50.1 Å². The number of imidazole rings is 1. The fourth-order valence-corrected chi connectivity index (χ4v) is 6.69. The minimum absolute atomic E-state index is 0.0372. The Hall–Kier alpha value is -3.57. The van der Waals surface area contributed by atoms with Gasteiger partial charge in [-0.15, -0.1) is 5.10 Å². The highest BCUT2D eigenvalue weighted by atomic mass is 16.5. The summed E-state index contributed by atoms with van der Waals surface area (Å²) in [6.45, 7) is 6.55. The molecule has 1 aromatic carbocycles. The van der Waals surface area contributed by atoms with Crippen LogP contribution in [0.2, 0.25) is 0 Å². The molecule has 0 spiro atoms. The summed E-state index contributed by atoms with van der Waals surface area (Å²) >= 11 is 0. The molecule has 4 aromatic rings. The number of morpholine rings is 1. The highest BCUT2D eigenvalue weighted by molar-refractivity contribution is 5.80. The number of aromatic amines is 1. The van der Waals surface area contributed by atoms with Crippen molar-refractivity contribution in [2.24, 2.45) is 11.8 Å². The highest BCUT2D eigenvalue weighted by Crippen LogP contribution is 2.39. The van der Waals surface area contributed by atoms with Crippen molar-refractivity contribution in [1.82, 2.24) is 29.7 Å². The van der Waals surface area contributed by atoms with Crippen LogP contribution in [0, 0.1) is 11.8 Å². The van der Waals surface area contributed by atoms with E-state index in [-0.39, 0.29) is 23.7 Å². The van der Waals surface area contributed by atoms with Gasteiger partial charge in [-0.3, -0.25) is 0 Å². The molecule has 2 aliphatic heterocycles. The third-order valence-corrected chi connectivity index (χ3v) is 8.99. The van der Waals surface area contributed by atoms with Crippen LogP contribution in [-0.4, -0.2) is 62.7 Å². The second-order valence-corrected chi connectivity index (χ2v) is 11.8. The second-order valence-electron chi connectivity index (χ2n) is 11.8. The number of hydrogen-bond acceptors (Lipinski definition) is 9. The molecule has 11 nitrogen and oxygen atoms in total. The molecule has 216 valence electrons. The van der Waals surface area contributed by atoms with Crippen LogP contribution in [0.1, 0.15) is 68.7 Å². The maximum Gasteiger partial charge on any atom is 0.434 e. The van der Waals surface area contributed by atoms with E-state index in [1.54, 1.807) is 0 Å². The molecule has 0 bridgehead atoms. The first-order chi connectivity index (χ1) is 20.1. The van der Waals surface area contributed by atoms with Crippen LogP contribution >= 0.6 is 0 Å². The number of anilines is 1. The number of hydrogen-bond donors (Lipinski definition) is 1. The molecule has 7 rings (SSSR count). The van der Waals surface area contributed by atoms with E-state index in [0.29, 0.717) is 38.0 Å². The van der Waals surface area contributed by atoms with E-state index >= 15 is 0 Å². The van der Waals surface area contributed by atoms with Crippen molar-refractivity contribution in [3.05, 3.63) is 52.1 Å². The number of nitrogens with one attached hydrogen (secondary N) is 1. The molecule has 2 saturated heterocycles. The average Bonchev–Trinajstić information content (AvgIpc) is 3.62. The summed E-state index contributed by atoms with van der Waals surface area (Å²) in [5.74, 6) is 2.15. The lowest BCUT2D eigenvalue weighted by atomic mass is 9.83. The molecular weight excluding hydrogens is 522 g/mol. The van der Waals surface area contributed by atoms with Gasteiger partial charge < -0.3 is 23.4 Å². The van der Waals surface area contributed by atoms with Crippen molar-refractivity contribution in [3.8, 4) is 11.7 Å². The Labute approximate surface area is 238 Å². The first-order valence-corrected chi connectivity index (χ1v) is 14.9. The average molecular weight is 560 g/mol. The van der Waals surface area contributed by atoms with Gasteiger partial charge in [-0.05, 0) is 43.1 Å². The summed E-state index contributed by atoms with van der Waals surface area (Å²) in [5, 5.41) is 6.38. The molecule has 3 fully saturated rings. The van der Waals surface area contributed by atoms with E-state index < -0.39 is 5.76 Å². The number of nitrogens with zero attached hydrogens (tertiary/aromatic N) is 6. The van der Waals surface area contributed by atoms with Crippen molar-refractivity contribution in [2.75, 3.05) is 37.9 Å². The van der Waals surface area contributed by atoms with Gasteiger partial charge in [0.25, 0.3) is 5.89 Å². The first kappa shape index (κ1) is 26.3. The van der Waals surface area contributed by atoms with E-state index in [2.05, 4.69) is 50.9 Å². The van der Waals surface area contributed by atoms with Crippen molar-refractivity contribution >= 4 is 17.1 Å². The van der Waals surface area contributed by atoms with Crippen LogP contribution in [0.25, 0.3) is 22.9 Å². The van der Waals surface area contributed by atoms with Gasteiger partial charge in [0, 0.05) is 32.2 Å². The lowest BCUT2D eigenvalue weighted by Crippen LogP contribution is -2.41. The van der Waals surface area contributed by atoms with Crippen molar-refractivity contribution in [3.63, 3.8) is 0 Å². The zero-order valence-corrected chi connectivity index (χ0v) is 23.5. The van der Waals surface area contributed by atoms with Crippen molar-refractivity contribution in [1.29, 1.82) is 0 Å². The Balaban J connectivity index is 1.41. The van der Waals surface area contributed by atoms with E-state index in [9.17, 15) is 4.79 Å². The van der Waals surface area contributed by atoms with E-state index in [1.165, 1.54) is 31.2 Å². The summed E-state index contributed by atoms with van der Waals surface area (Å²) in [6.07, 6.45) is 6.64. The SMILES string of the molecule is CC1CCC(Cn2c(N3CCOC[C@H]3c3ccccc3)nc3nc(-c4n[nH]c(=O)o4)nc(C4CCOCC4)c32)CC1. The van der Waals surface area contributed by atoms with Crippen molar-refractivity contribution < 1.29 is 13.9 Å². The number of benzene rings is 1. The van der Waals surface area contributed by atoms with Crippen molar-refractivity contribution in [2.45, 2.75) is 64.0 Å². The quantitative estimate of drug-likeness (QED) is 0.364. The Bertz CT molecular complexity index is 1530. The largest absolute Gasteiger partial charge is 0.434 e.